The van der Waals surface area contributed by atoms with Gasteiger partial charge in [-0.1, -0.05) is 25.8 Å². The van der Waals surface area contributed by atoms with Gasteiger partial charge in [0.2, 0.25) is 0 Å². The van der Waals surface area contributed by atoms with E-state index in [0.29, 0.717) is 5.54 Å². The molecule has 0 saturated heterocycles. The summed E-state index contributed by atoms with van der Waals surface area (Å²) in [5.41, 5.74) is 1.71. The van der Waals surface area contributed by atoms with E-state index in [1.54, 1.807) is 0 Å². The summed E-state index contributed by atoms with van der Waals surface area (Å²) < 4.78 is 1.06. The molecule has 0 aromatic carbocycles. The van der Waals surface area contributed by atoms with E-state index < -0.39 is 0 Å². The van der Waals surface area contributed by atoms with Crippen molar-refractivity contribution in [2.75, 3.05) is 21.1 Å². The summed E-state index contributed by atoms with van der Waals surface area (Å²) >= 11 is 0. The van der Waals surface area contributed by atoms with Crippen molar-refractivity contribution in [2.45, 2.75) is 58.9 Å². The van der Waals surface area contributed by atoms with Crippen LogP contribution < -0.4 is 0 Å². The van der Waals surface area contributed by atoms with Gasteiger partial charge in [-0.05, 0) is 26.2 Å². The minimum Gasteiger partial charge on any atom is -0.326 e. The predicted octanol–water partition coefficient (Wildman–Crippen LogP) is 4.24. The first kappa shape index (κ1) is 15.7. The number of quaternary nitrogens is 1. The van der Waals surface area contributed by atoms with E-state index in [1.165, 1.54) is 31.3 Å². The van der Waals surface area contributed by atoms with Gasteiger partial charge in [-0.15, -0.1) is 6.58 Å². The van der Waals surface area contributed by atoms with Gasteiger partial charge in [0.1, 0.15) is 0 Å². The quantitative estimate of drug-likeness (QED) is 0.450. The van der Waals surface area contributed by atoms with Gasteiger partial charge in [-0.3, -0.25) is 0 Å². The van der Waals surface area contributed by atoms with E-state index in [1.807, 2.05) is 0 Å². The van der Waals surface area contributed by atoms with Crippen molar-refractivity contribution in [3.63, 3.8) is 0 Å². The van der Waals surface area contributed by atoms with Crippen molar-refractivity contribution >= 4 is 0 Å². The minimum atomic E-state index is 0.392. The second-order valence-corrected chi connectivity index (χ2v) is 6.73. The lowest BCUT2D eigenvalue weighted by molar-refractivity contribution is -0.923. The molecule has 2 unspecified atom stereocenters. The molecule has 1 nitrogen and oxygen atoms in total. The summed E-state index contributed by atoms with van der Waals surface area (Å²) in [5, 5.41) is 0. The van der Waals surface area contributed by atoms with E-state index in [0.717, 1.165) is 10.4 Å². The summed E-state index contributed by atoms with van der Waals surface area (Å²) in [6, 6.07) is 0. The molecule has 0 aliphatic carbocycles. The molecule has 0 rings (SSSR count). The molecule has 96 valence electrons. The maximum Gasteiger partial charge on any atom is 0.0960 e. The van der Waals surface area contributed by atoms with Crippen molar-refractivity contribution in [1.29, 1.82) is 0 Å². The van der Waals surface area contributed by atoms with Gasteiger partial charge in [0, 0.05) is 12.8 Å². The Bertz CT molecular complexity index is 224. The Morgan fingerprint density at radius 2 is 1.81 bits per heavy atom. The highest BCUT2D eigenvalue weighted by Gasteiger charge is 2.38. The molecule has 2 atom stereocenters. The molecule has 0 heterocycles. The molecule has 0 aliphatic rings. The molecule has 16 heavy (non-hydrogen) atoms. The van der Waals surface area contributed by atoms with Gasteiger partial charge in [-0.2, -0.15) is 0 Å². The van der Waals surface area contributed by atoms with Gasteiger partial charge >= 0.3 is 0 Å². The zero-order valence-electron chi connectivity index (χ0n) is 12.6. The maximum absolute atomic E-state index is 4.03. The van der Waals surface area contributed by atoms with Crippen molar-refractivity contribution < 1.29 is 4.48 Å². The largest absolute Gasteiger partial charge is 0.326 e. The number of rotatable bonds is 7. The van der Waals surface area contributed by atoms with Crippen LogP contribution in [0.4, 0.5) is 0 Å². The molecule has 0 amide bonds. The van der Waals surface area contributed by atoms with E-state index >= 15 is 0 Å². The average molecular weight is 226 g/mol. The summed E-state index contributed by atoms with van der Waals surface area (Å²) in [4.78, 5) is 0. The Balaban J connectivity index is 4.62. The Kier molecular flexibility index (Phi) is 5.75. The standard InChI is InChI=1S/C15H32N/c1-9-10-15(5,16(6,7)8)12-14(4)11-13(2)3/h14H,2,9-12H2,1,3-8H3/q+1. The Morgan fingerprint density at radius 3 is 2.12 bits per heavy atom. The van der Waals surface area contributed by atoms with Gasteiger partial charge in [-0.25, -0.2) is 0 Å². The third-order valence-corrected chi connectivity index (χ3v) is 3.89. The van der Waals surface area contributed by atoms with E-state index in [9.17, 15) is 0 Å². The van der Waals surface area contributed by atoms with Crippen LogP contribution in [0.1, 0.15) is 53.4 Å². The topological polar surface area (TPSA) is 0 Å². The highest BCUT2D eigenvalue weighted by molar-refractivity contribution is 4.91. The zero-order chi connectivity index (χ0) is 13.0. The third-order valence-electron chi connectivity index (χ3n) is 3.89. The molecular formula is C15H32N+. The first-order valence-electron chi connectivity index (χ1n) is 6.58. The normalized spacial score (nSPS) is 17.9. The molecule has 0 aliphatic heterocycles. The third kappa shape index (κ3) is 4.69. The van der Waals surface area contributed by atoms with Crippen molar-refractivity contribution in [3.05, 3.63) is 12.2 Å². The SMILES string of the molecule is C=C(C)CC(C)CC(C)(CCC)[N+](C)(C)C. The van der Waals surface area contributed by atoms with Crippen LogP contribution in [0.5, 0.6) is 0 Å². The zero-order valence-corrected chi connectivity index (χ0v) is 12.6. The number of allylic oxidation sites excluding steroid dienone is 1. The summed E-state index contributed by atoms with van der Waals surface area (Å²) in [6.45, 7) is 13.3. The number of nitrogens with zero attached hydrogens (tertiary/aromatic N) is 1. The van der Waals surface area contributed by atoms with Crippen LogP contribution in [-0.4, -0.2) is 31.2 Å². The lowest BCUT2D eigenvalue weighted by atomic mass is 9.81. The second kappa shape index (κ2) is 5.86. The Hall–Kier alpha value is -0.300. The Morgan fingerprint density at radius 1 is 1.31 bits per heavy atom. The lowest BCUT2D eigenvalue weighted by Gasteiger charge is -2.45. The van der Waals surface area contributed by atoms with Crippen molar-refractivity contribution in [1.82, 2.24) is 0 Å². The summed E-state index contributed by atoms with van der Waals surface area (Å²) in [5.74, 6) is 0.742. The van der Waals surface area contributed by atoms with Gasteiger partial charge in [0.25, 0.3) is 0 Å². The predicted molar refractivity (Wildman–Crippen MR) is 74.6 cm³/mol. The molecule has 0 bridgehead atoms. The molecule has 0 N–H and O–H groups in total. The van der Waals surface area contributed by atoms with Crippen LogP contribution >= 0.6 is 0 Å². The smallest absolute Gasteiger partial charge is 0.0960 e. The molecule has 0 radical (unpaired) electrons. The molecule has 0 fully saturated rings. The van der Waals surface area contributed by atoms with Crippen LogP contribution in [0.15, 0.2) is 12.2 Å². The fourth-order valence-electron chi connectivity index (χ4n) is 2.67. The number of hydrogen-bond donors (Lipinski definition) is 0. The molecule has 0 aromatic rings. The molecular weight excluding hydrogens is 194 g/mol. The fourth-order valence-corrected chi connectivity index (χ4v) is 2.67. The molecule has 0 saturated carbocycles. The summed E-state index contributed by atoms with van der Waals surface area (Å²) in [6.07, 6.45) is 5.03. The average Bonchev–Trinajstić information content (AvgIpc) is 1.99. The van der Waals surface area contributed by atoms with Crippen LogP contribution in [0.25, 0.3) is 0 Å². The first-order valence-corrected chi connectivity index (χ1v) is 6.58. The van der Waals surface area contributed by atoms with E-state index in [-0.39, 0.29) is 0 Å². The van der Waals surface area contributed by atoms with Gasteiger partial charge in [0.15, 0.2) is 0 Å². The highest BCUT2D eigenvalue weighted by atomic mass is 15.3. The van der Waals surface area contributed by atoms with Crippen LogP contribution in [0, 0.1) is 5.92 Å². The lowest BCUT2D eigenvalue weighted by Crippen LogP contribution is -2.55. The van der Waals surface area contributed by atoms with Crippen molar-refractivity contribution in [3.8, 4) is 0 Å². The highest BCUT2D eigenvalue weighted by Crippen LogP contribution is 2.33. The van der Waals surface area contributed by atoms with Gasteiger partial charge < -0.3 is 4.48 Å². The number of hydrogen-bond acceptors (Lipinski definition) is 0. The first-order chi connectivity index (χ1) is 7.12. The molecule has 1 heteroatoms. The van der Waals surface area contributed by atoms with Crippen LogP contribution in [-0.2, 0) is 0 Å². The minimum absolute atomic E-state index is 0.392. The van der Waals surface area contributed by atoms with Crippen LogP contribution in [0.3, 0.4) is 0 Å². The fraction of sp³-hybridized carbons (Fsp3) is 0.867. The second-order valence-electron chi connectivity index (χ2n) is 6.73. The van der Waals surface area contributed by atoms with E-state index in [4.69, 9.17) is 0 Å². The summed E-state index contributed by atoms with van der Waals surface area (Å²) in [7, 11) is 6.97. The molecule has 0 aromatic heterocycles. The van der Waals surface area contributed by atoms with E-state index in [2.05, 4.69) is 55.4 Å². The Labute approximate surface area is 103 Å². The van der Waals surface area contributed by atoms with Gasteiger partial charge in [0.05, 0.1) is 26.7 Å². The van der Waals surface area contributed by atoms with Crippen LogP contribution in [0.2, 0.25) is 0 Å². The monoisotopic (exact) mass is 226 g/mol. The molecule has 0 spiro atoms. The van der Waals surface area contributed by atoms with Crippen molar-refractivity contribution in [2.24, 2.45) is 5.92 Å². The maximum atomic E-state index is 4.03.